The number of rotatable bonds is 12. The highest BCUT2D eigenvalue weighted by atomic mass is 16.8. The molecule has 0 radical (unpaired) electrons. The second-order valence-electron chi connectivity index (χ2n) is 28.4. The van der Waals surface area contributed by atoms with Crippen LogP contribution in [-0.4, -0.2) is 285 Å². The van der Waals surface area contributed by atoms with E-state index in [1.807, 2.05) is 13.8 Å². The van der Waals surface area contributed by atoms with Crippen LogP contribution in [-0.2, 0) is 52.2 Å². The van der Waals surface area contributed by atoms with Gasteiger partial charge in [0.2, 0.25) is 6.29 Å². The normalized spacial score (nSPS) is 56.5. The first-order chi connectivity index (χ1) is 40.2. The molecule has 0 aromatic carbocycles. The van der Waals surface area contributed by atoms with E-state index in [0.717, 1.165) is 5.57 Å². The van der Waals surface area contributed by atoms with E-state index < -0.39 is 237 Å². The average molecular weight is 1240 g/mol. The van der Waals surface area contributed by atoms with Crippen LogP contribution in [0.15, 0.2) is 11.6 Å². The minimum Gasteiger partial charge on any atom is -0.432 e. The quantitative estimate of drug-likeness (QED) is 0.0494. The summed E-state index contributed by atoms with van der Waals surface area (Å²) in [5.41, 5.74) is -5.23. The lowest BCUT2D eigenvalue weighted by atomic mass is 9.32. The van der Waals surface area contributed by atoms with Crippen molar-refractivity contribution in [2.24, 2.45) is 50.2 Å². The SMILES string of the molecule is C[C@@H]1O[C@@H](O[C@@H]2[C@@H](O)[C@H](O[C@@H]3[C@@H](O)[C@@H](O)[C@H](O[C@@H]4[C@@H](OC(=O)[C@]56CCC(C)(C)C[C@H]5C5=CC[C@@H]7[C@@]8(C)C[C@H](O)[C@H](O[C@@H]9O[C@H](CO)[C@@H](O)[C@H](O)[C@H]9O)[C@@](C)(CO)[C@@H]8[C@H](O)C[C@@]7(C)[C@]5(C)C[C@H]6O)OC[C@@H](O)[C@H]4O)O[C@H]3C)OC[C@H]2O)[C@H](O)[C@H](O)[C@H]1O. The number of allylic oxidation sites excluding steroid dienone is 2. The third-order valence-corrected chi connectivity index (χ3v) is 22.7. The molecule has 0 aromatic rings. The molecule has 4 saturated carbocycles. The summed E-state index contributed by atoms with van der Waals surface area (Å²) in [5.74, 6) is -2.63. The molecule has 9 fully saturated rings. The van der Waals surface area contributed by atoms with Gasteiger partial charge in [-0.2, -0.15) is 0 Å². The fourth-order valence-corrected chi connectivity index (χ4v) is 17.8. The first-order valence-electron chi connectivity index (χ1n) is 30.3. The molecule has 10 aliphatic rings. The summed E-state index contributed by atoms with van der Waals surface area (Å²) in [7, 11) is 0. The van der Waals surface area contributed by atoms with Crippen molar-refractivity contribution in [3.63, 3.8) is 0 Å². The van der Waals surface area contributed by atoms with Gasteiger partial charge in [0, 0.05) is 11.3 Å². The number of esters is 1. The summed E-state index contributed by atoms with van der Waals surface area (Å²) < 4.78 is 58.8. The largest absolute Gasteiger partial charge is 0.432 e. The zero-order valence-electron chi connectivity index (χ0n) is 49.8. The van der Waals surface area contributed by atoms with Gasteiger partial charge in [0.1, 0.15) is 97.0 Å². The molecule has 28 heteroatoms. The summed E-state index contributed by atoms with van der Waals surface area (Å²) >= 11 is 0. The maximum Gasteiger partial charge on any atom is 0.317 e. The van der Waals surface area contributed by atoms with Crippen molar-refractivity contribution >= 4 is 5.97 Å². The highest BCUT2D eigenvalue weighted by molar-refractivity contribution is 5.80. The second kappa shape index (κ2) is 24.3. The topological polar surface area (TPSA) is 453 Å². The van der Waals surface area contributed by atoms with Gasteiger partial charge in [0.05, 0.1) is 63.1 Å². The summed E-state index contributed by atoms with van der Waals surface area (Å²) in [6, 6.07) is 0. The monoisotopic (exact) mass is 1240 g/mol. The lowest BCUT2D eigenvalue weighted by Gasteiger charge is -2.73. The van der Waals surface area contributed by atoms with Gasteiger partial charge < -0.3 is 134 Å². The molecule has 5 aliphatic carbocycles. The Balaban J connectivity index is 0.865. The van der Waals surface area contributed by atoms with Crippen LogP contribution in [0.4, 0.5) is 0 Å². The predicted molar refractivity (Wildman–Crippen MR) is 286 cm³/mol. The highest BCUT2D eigenvalue weighted by Gasteiger charge is 2.75. The Morgan fingerprint density at radius 1 is 0.547 bits per heavy atom. The number of hydrogen-bond donors (Lipinski definition) is 17. The van der Waals surface area contributed by atoms with Crippen LogP contribution in [0.1, 0.15) is 100 Å². The molecule has 0 amide bonds. The number of hydrogen-bond acceptors (Lipinski definition) is 28. The van der Waals surface area contributed by atoms with E-state index in [2.05, 4.69) is 26.8 Å². The lowest BCUT2D eigenvalue weighted by molar-refractivity contribution is -0.377. The third-order valence-electron chi connectivity index (χ3n) is 22.7. The van der Waals surface area contributed by atoms with E-state index in [1.165, 1.54) is 13.8 Å². The van der Waals surface area contributed by atoms with Gasteiger partial charge >= 0.3 is 5.97 Å². The van der Waals surface area contributed by atoms with Crippen LogP contribution in [0.5, 0.6) is 0 Å². The van der Waals surface area contributed by atoms with Crippen molar-refractivity contribution in [3.8, 4) is 0 Å². The molecule has 0 aromatic heterocycles. The molecule has 10 rings (SSSR count). The second-order valence-corrected chi connectivity index (χ2v) is 28.4. The number of carbonyl (C=O) groups is 1. The van der Waals surface area contributed by atoms with Gasteiger partial charge in [0.25, 0.3) is 0 Å². The molecule has 0 unspecified atom stereocenters. The number of aliphatic hydroxyl groups excluding tert-OH is 17. The molecule has 28 nitrogen and oxygen atoms in total. The molecule has 17 N–H and O–H groups in total. The fourth-order valence-electron chi connectivity index (χ4n) is 17.8. The smallest absolute Gasteiger partial charge is 0.317 e. The Bertz CT molecular complexity index is 2420. The van der Waals surface area contributed by atoms with Crippen molar-refractivity contribution in [2.45, 2.75) is 266 Å². The predicted octanol–water partition coefficient (Wildman–Crippen LogP) is -4.99. The molecule has 494 valence electrons. The Morgan fingerprint density at radius 3 is 1.78 bits per heavy atom. The zero-order valence-corrected chi connectivity index (χ0v) is 49.8. The molecule has 0 spiro atoms. The van der Waals surface area contributed by atoms with E-state index in [9.17, 15) is 86.8 Å². The highest BCUT2D eigenvalue weighted by Crippen LogP contribution is 2.76. The van der Waals surface area contributed by atoms with Crippen LogP contribution >= 0.6 is 0 Å². The average Bonchev–Trinajstić information content (AvgIpc) is 0.677. The Morgan fingerprint density at radius 2 is 1.13 bits per heavy atom. The lowest BCUT2D eigenvalue weighted by Crippen LogP contribution is -2.73. The van der Waals surface area contributed by atoms with Gasteiger partial charge in [0.15, 0.2) is 31.3 Å². The Labute approximate surface area is 498 Å². The van der Waals surface area contributed by atoms with Gasteiger partial charge in [-0.1, -0.05) is 53.2 Å². The summed E-state index contributed by atoms with van der Waals surface area (Å²) in [6.45, 7) is 12.3. The van der Waals surface area contributed by atoms with E-state index in [4.69, 9.17) is 47.4 Å². The maximum atomic E-state index is 15.5. The molecule has 86 heavy (non-hydrogen) atoms. The van der Waals surface area contributed by atoms with Crippen molar-refractivity contribution in [1.29, 1.82) is 0 Å². The van der Waals surface area contributed by atoms with Crippen LogP contribution in [0.25, 0.3) is 0 Å². The minimum atomic E-state index is -2.00. The van der Waals surface area contributed by atoms with E-state index >= 15 is 4.79 Å². The molecular formula is C58H94O28. The van der Waals surface area contributed by atoms with Crippen LogP contribution in [0.3, 0.4) is 0 Å². The van der Waals surface area contributed by atoms with Gasteiger partial charge in [-0.25, -0.2) is 0 Å². The number of fused-ring (bicyclic) bond motifs is 7. The molecule has 5 saturated heterocycles. The first kappa shape index (κ1) is 67.1. The molecule has 5 heterocycles. The van der Waals surface area contributed by atoms with Crippen LogP contribution in [0.2, 0.25) is 0 Å². The maximum absolute atomic E-state index is 15.5. The van der Waals surface area contributed by atoms with Crippen molar-refractivity contribution in [3.05, 3.63) is 11.6 Å². The van der Waals surface area contributed by atoms with E-state index in [1.54, 1.807) is 6.92 Å². The number of aliphatic hydroxyl groups is 17. The standard InChI is InChI=1S/C58H94O28/c1-21-32(66)35(69)38(72)48(79-21)83-43-28(64)19-77-47(41(43)75)82-42-22(2)80-49(40(74)37(42)71)84-44-33(67)27(63)18-78-51(44)86-52(76)58-12-11-53(3,4)13-24(58)23-9-10-30-54(5)14-26(62)46(85-50-39(73)36(70)34(68)29(17-59)81-50)55(6,20-60)45(54)25(61)15-57(30,8)56(23,7)16-31(58)65/h9,21-22,24-51,59-75H,10-20H2,1-8H3/t21-,22-,24-,25+,26-,27+,28+,29+,30+,31+,32-,33+,34+,35+,36-,37-,38+,39+,40+,41+,42-,43-,44-,45+,46-,47-,48-,49-,50-,51+,54+,55-,56+,57+,58+/m0/s1. The van der Waals surface area contributed by atoms with Crippen molar-refractivity contribution < 1.29 is 139 Å². The van der Waals surface area contributed by atoms with Crippen molar-refractivity contribution in [2.75, 3.05) is 26.4 Å². The summed E-state index contributed by atoms with van der Waals surface area (Å²) in [5, 5.41) is 190. The zero-order chi connectivity index (χ0) is 63.0. The van der Waals surface area contributed by atoms with Crippen LogP contribution < -0.4 is 0 Å². The number of carbonyl (C=O) groups excluding carboxylic acids is 1. The minimum absolute atomic E-state index is 0.00553. The Kier molecular flexibility index (Phi) is 18.9. The van der Waals surface area contributed by atoms with Crippen molar-refractivity contribution in [1.82, 2.24) is 0 Å². The fraction of sp³-hybridized carbons (Fsp3) is 0.948. The van der Waals surface area contributed by atoms with Gasteiger partial charge in [-0.05, 0) is 92.3 Å². The third kappa shape index (κ3) is 10.8. The van der Waals surface area contributed by atoms with E-state index in [-0.39, 0.29) is 37.0 Å². The van der Waals surface area contributed by atoms with E-state index in [0.29, 0.717) is 19.3 Å². The van der Waals surface area contributed by atoms with Crippen LogP contribution in [0, 0.1) is 50.2 Å². The summed E-state index contributed by atoms with van der Waals surface area (Å²) in [4.78, 5) is 15.5. The number of ether oxygens (including phenoxy) is 10. The molecule has 5 aliphatic heterocycles. The van der Waals surface area contributed by atoms with Gasteiger partial charge in [-0.3, -0.25) is 4.79 Å². The summed E-state index contributed by atoms with van der Waals surface area (Å²) in [6.07, 6.45) is -39.3. The Hall–Kier alpha value is -1.83. The van der Waals surface area contributed by atoms with Gasteiger partial charge in [-0.15, -0.1) is 0 Å². The first-order valence-corrected chi connectivity index (χ1v) is 30.3. The molecule has 35 atom stereocenters. The molecular weight excluding hydrogens is 1140 g/mol. The molecule has 0 bridgehead atoms.